The molecule has 110 valence electrons. The Bertz CT molecular complexity index is 486. The van der Waals surface area contributed by atoms with Gasteiger partial charge in [0, 0.05) is 13.7 Å². The van der Waals surface area contributed by atoms with Gasteiger partial charge in [0.15, 0.2) is 6.10 Å². The third-order valence-electron chi connectivity index (χ3n) is 2.63. The second kappa shape index (κ2) is 7.49. The van der Waals surface area contributed by atoms with Crippen LogP contribution in [0.15, 0.2) is 18.2 Å². The summed E-state index contributed by atoms with van der Waals surface area (Å²) in [5.41, 5.74) is 0.855. The summed E-state index contributed by atoms with van der Waals surface area (Å²) in [5, 5.41) is 12.2. The summed E-state index contributed by atoms with van der Waals surface area (Å²) >= 11 is 0. The summed E-state index contributed by atoms with van der Waals surface area (Å²) in [5.74, 6) is -1.32. The number of amides is 1. The first kappa shape index (κ1) is 16.0. The molecule has 1 aromatic carbocycles. The van der Waals surface area contributed by atoms with Gasteiger partial charge in [-0.25, -0.2) is 4.79 Å². The van der Waals surface area contributed by atoms with Crippen LogP contribution in [0, 0.1) is 6.92 Å². The number of nitrogens with one attached hydrogen (secondary N) is 1. The van der Waals surface area contributed by atoms with Crippen LogP contribution in [0.4, 0.5) is 0 Å². The van der Waals surface area contributed by atoms with E-state index >= 15 is 0 Å². The molecule has 2 N–H and O–H groups in total. The number of aryl methyl sites for hydroxylation is 1. The van der Waals surface area contributed by atoms with Crippen LogP contribution in [0.5, 0.6) is 5.75 Å². The molecular formula is C14H19NO5. The lowest BCUT2D eigenvalue weighted by molar-refractivity contribution is -0.129. The van der Waals surface area contributed by atoms with Crippen molar-refractivity contribution in [3.8, 4) is 5.75 Å². The van der Waals surface area contributed by atoms with Gasteiger partial charge in [-0.15, -0.1) is 0 Å². The maximum atomic E-state index is 11.9. The van der Waals surface area contributed by atoms with Crippen LogP contribution in [0.2, 0.25) is 0 Å². The summed E-state index contributed by atoms with van der Waals surface area (Å²) < 4.78 is 9.81. The van der Waals surface area contributed by atoms with Crippen molar-refractivity contribution in [2.75, 3.05) is 20.3 Å². The van der Waals surface area contributed by atoms with E-state index in [9.17, 15) is 14.7 Å². The number of benzene rings is 1. The van der Waals surface area contributed by atoms with E-state index in [1.54, 1.807) is 13.0 Å². The van der Waals surface area contributed by atoms with E-state index in [1.165, 1.54) is 26.2 Å². The lowest BCUT2D eigenvalue weighted by atomic mass is 10.1. The molecule has 1 aromatic rings. The van der Waals surface area contributed by atoms with Crippen LogP contribution in [-0.4, -0.2) is 43.3 Å². The highest BCUT2D eigenvalue weighted by Gasteiger charge is 2.20. The number of aromatic hydroxyl groups is 1. The molecule has 20 heavy (non-hydrogen) atoms. The van der Waals surface area contributed by atoms with Crippen molar-refractivity contribution in [1.82, 2.24) is 5.32 Å². The van der Waals surface area contributed by atoms with E-state index in [1.807, 2.05) is 0 Å². The number of carbonyl (C=O) groups is 2. The number of hydrogen-bond donors (Lipinski definition) is 2. The number of methoxy groups -OCH3 is 1. The van der Waals surface area contributed by atoms with Crippen molar-refractivity contribution >= 4 is 11.9 Å². The predicted molar refractivity (Wildman–Crippen MR) is 72.6 cm³/mol. The number of ether oxygens (including phenoxy) is 2. The molecule has 0 aliphatic carbocycles. The van der Waals surface area contributed by atoms with E-state index in [0.29, 0.717) is 13.2 Å². The van der Waals surface area contributed by atoms with E-state index in [0.717, 1.165) is 5.56 Å². The number of rotatable bonds is 6. The number of hydrogen-bond acceptors (Lipinski definition) is 5. The summed E-state index contributed by atoms with van der Waals surface area (Å²) in [6, 6.07) is 4.59. The average molecular weight is 281 g/mol. The van der Waals surface area contributed by atoms with Crippen molar-refractivity contribution in [3.05, 3.63) is 29.3 Å². The van der Waals surface area contributed by atoms with E-state index in [2.05, 4.69) is 5.32 Å². The predicted octanol–water partition coefficient (Wildman–Crippen LogP) is 1.01. The van der Waals surface area contributed by atoms with Gasteiger partial charge in [0.05, 0.1) is 6.61 Å². The second-order valence-corrected chi connectivity index (χ2v) is 4.35. The van der Waals surface area contributed by atoms with Gasteiger partial charge in [0.25, 0.3) is 5.91 Å². The Hall–Kier alpha value is -2.08. The lowest BCUT2D eigenvalue weighted by Crippen LogP contribution is -2.37. The van der Waals surface area contributed by atoms with Gasteiger partial charge < -0.3 is 19.9 Å². The Morgan fingerprint density at radius 2 is 2.10 bits per heavy atom. The fourth-order valence-corrected chi connectivity index (χ4v) is 1.51. The van der Waals surface area contributed by atoms with E-state index in [-0.39, 0.29) is 11.3 Å². The van der Waals surface area contributed by atoms with Crippen LogP contribution in [0.1, 0.15) is 22.8 Å². The molecule has 0 radical (unpaired) electrons. The molecule has 0 saturated heterocycles. The van der Waals surface area contributed by atoms with Crippen LogP contribution >= 0.6 is 0 Å². The first-order valence-corrected chi connectivity index (χ1v) is 6.23. The molecule has 0 unspecified atom stereocenters. The number of phenols is 1. The molecule has 1 rings (SSSR count). The number of carbonyl (C=O) groups excluding carboxylic acids is 2. The lowest BCUT2D eigenvalue weighted by Gasteiger charge is -2.14. The fraction of sp³-hybridized carbons (Fsp3) is 0.429. The molecule has 1 amide bonds. The summed E-state index contributed by atoms with van der Waals surface area (Å²) in [7, 11) is 1.52. The molecule has 0 spiro atoms. The quantitative estimate of drug-likeness (QED) is 0.600. The molecule has 0 heterocycles. The molecule has 0 fully saturated rings. The number of phenolic OH excluding ortho intramolecular Hbond substituents is 1. The van der Waals surface area contributed by atoms with Crippen LogP contribution in [0.3, 0.4) is 0 Å². The highest BCUT2D eigenvalue weighted by Crippen LogP contribution is 2.19. The highest BCUT2D eigenvalue weighted by atomic mass is 16.5. The maximum Gasteiger partial charge on any atom is 0.342 e. The van der Waals surface area contributed by atoms with Gasteiger partial charge in [0.1, 0.15) is 11.3 Å². The molecule has 6 nitrogen and oxygen atoms in total. The van der Waals surface area contributed by atoms with Gasteiger partial charge in [0.2, 0.25) is 0 Å². The highest BCUT2D eigenvalue weighted by molar-refractivity contribution is 5.94. The Balaban J connectivity index is 2.61. The molecule has 0 bridgehead atoms. The second-order valence-electron chi connectivity index (χ2n) is 4.35. The zero-order valence-electron chi connectivity index (χ0n) is 11.8. The monoisotopic (exact) mass is 281 g/mol. The number of esters is 1. The SMILES string of the molecule is COCCNC(=O)[C@@H](C)OC(=O)c1cc(C)ccc1O. The van der Waals surface area contributed by atoms with Crippen LogP contribution in [0.25, 0.3) is 0 Å². The largest absolute Gasteiger partial charge is 0.507 e. The van der Waals surface area contributed by atoms with E-state index < -0.39 is 18.0 Å². The third-order valence-corrected chi connectivity index (χ3v) is 2.63. The molecule has 0 aliphatic rings. The van der Waals surface area contributed by atoms with Gasteiger partial charge in [-0.1, -0.05) is 11.6 Å². The Morgan fingerprint density at radius 1 is 1.40 bits per heavy atom. The maximum absolute atomic E-state index is 11.9. The van der Waals surface area contributed by atoms with Crippen molar-refractivity contribution in [1.29, 1.82) is 0 Å². The molecule has 6 heteroatoms. The van der Waals surface area contributed by atoms with E-state index in [4.69, 9.17) is 9.47 Å². The van der Waals surface area contributed by atoms with Gasteiger partial charge in [-0.2, -0.15) is 0 Å². The molecule has 0 saturated carbocycles. The minimum atomic E-state index is -0.945. The zero-order valence-corrected chi connectivity index (χ0v) is 11.8. The zero-order chi connectivity index (χ0) is 15.1. The summed E-state index contributed by atoms with van der Waals surface area (Å²) in [4.78, 5) is 23.5. The summed E-state index contributed by atoms with van der Waals surface area (Å²) in [6.45, 7) is 3.97. The van der Waals surface area contributed by atoms with Crippen molar-refractivity contribution in [2.45, 2.75) is 20.0 Å². The average Bonchev–Trinajstić information content (AvgIpc) is 2.41. The van der Waals surface area contributed by atoms with Crippen LogP contribution in [-0.2, 0) is 14.3 Å². The first-order valence-electron chi connectivity index (χ1n) is 6.23. The van der Waals surface area contributed by atoms with Crippen molar-refractivity contribution in [3.63, 3.8) is 0 Å². The standard InChI is InChI=1S/C14H19NO5/c1-9-4-5-12(16)11(8-9)14(18)20-10(2)13(17)15-6-7-19-3/h4-5,8,10,16H,6-7H2,1-3H3,(H,15,17)/t10-/m1/s1. The summed E-state index contributed by atoms with van der Waals surface area (Å²) in [6.07, 6.45) is -0.945. The molecule has 1 atom stereocenters. The fourth-order valence-electron chi connectivity index (χ4n) is 1.51. The van der Waals surface area contributed by atoms with Gasteiger partial charge >= 0.3 is 5.97 Å². The normalized spacial score (nSPS) is 11.8. The third kappa shape index (κ3) is 4.55. The Kier molecular flexibility index (Phi) is 5.99. The van der Waals surface area contributed by atoms with Crippen molar-refractivity contribution < 1.29 is 24.2 Å². The van der Waals surface area contributed by atoms with Crippen molar-refractivity contribution in [2.24, 2.45) is 0 Å². The molecule has 0 aliphatic heterocycles. The topological polar surface area (TPSA) is 84.9 Å². The minimum absolute atomic E-state index is 0.0431. The molecule has 0 aromatic heterocycles. The Morgan fingerprint density at radius 3 is 2.75 bits per heavy atom. The molecular weight excluding hydrogens is 262 g/mol. The van der Waals surface area contributed by atoms with Crippen LogP contribution < -0.4 is 5.32 Å². The van der Waals surface area contributed by atoms with Gasteiger partial charge in [-0.3, -0.25) is 4.79 Å². The van der Waals surface area contributed by atoms with Gasteiger partial charge in [-0.05, 0) is 26.0 Å². The smallest absolute Gasteiger partial charge is 0.342 e. The Labute approximate surface area is 117 Å². The minimum Gasteiger partial charge on any atom is -0.507 e. The first-order chi connectivity index (χ1) is 9.45.